The van der Waals surface area contributed by atoms with Crippen molar-refractivity contribution in [2.45, 2.75) is 25.7 Å². The SMILES string of the molecule is CC(C)(C)CS(=N)(=O)c1ccc([N+](=O)[O-])cc1. The number of hydrogen-bond acceptors (Lipinski definition) is 4. The van der Waals surface area contributed by atoms with Crippen molar-refractivity contribution in [2.75, 3.05) is 5.75 Å². The van der Waals surface area contributed by atoms with Gasteiger partial charge < -0.3 is 0 Å². The Morgan fingerprint density at radius 1 is 1.29 bits per heavy atom. The lowest BCUT2D eigenvalue weighted by Gasteiger charge is -2.19. The van der Waals surface area contributed by atoms with Crippen LogP contribution in [-0.2, 0) is 9.73 Å². The summed E-state index contributed by atoms with van der Waals surface area (Å²) in [5, 5.41) is 10.5. The summed E-state index contributed by atoms with van der Waals surface area (Å²) in [6.07, 6.45) is 0. The van der Waals surface area contributed by atoms with E-state index < -0.39 is 14.7 Å². The third-order valence-corrected chi connectivity index (χ3v) is 4.37. The van der Waals surface area contributed by atoms with Gasteiger partial charge in [0.05, 0.1) is 14.7 Å². The second kappa shape index (κ2) is 4.44. The van der Waals surface area contributed by atoms with Crippen LogP contribution in [0.5, 0.6) is 0 Å². The summed E-state index contributed by atoms with van der Waals surface area (Å²) in [5.74, 6) is 0.234. The normalized spacial score (nSPS) is 15.2. The molecule has 0 aliphatic carbocycles. The van der Waals surface area contributed by atoms with Gasteiger partial charge in [0.1, 0.15) is 0 Å². The van der Waals surface area contributed by atoms with Gasteiger partial charge in [0.15, 0.2) is 0 Å². The molecule has 0 aliphatic heterocycles. The standard InChI is InChI=1S/C11H16N2O3S/c1-11(2,3)8-17(12,16)10-6-4-9(5-7-10)13(14)15/h4-7,12H,8H2,1-3H3. The van der Waals surface area contributed by atoms with E-state index in [0.717, 1.165) is 0 Å². The Bertz CT molecular complexity index is 513. The molecule has 0 saturated carbocycles. The summed E-state index contributed by atoms with van der Waals surface area (Å²) in [5.41, 5.74) is -0.277. The van der Waals surface area contributed by atoms with Crippen molar-refractivity contribution in [3.05, 3.63) is 34.4 Å². The van der Waals surface area contributed by atoms with Crippen molar-refractivity contribution in [1.29, 1.82) is 4.78 Å². The molecule has 1 rings (SSSR count). The fourth-order valence-corrected chi connectivity index (χ4v) is 3.44. The molecule has 0 amide bonds. The number of rotatable bonds is 3. The summed E-state index contributed by atoms with van der Waals surface area (Å²) in [4.78, 5) is 10.3. The first-order valence-corrected chi connectivity index (χ1v) is 6.85. The molecule has 0 saturated heterocycles. The third-order valence-electron chi connectivity index (χ3n) is 2.06. The van der Waals surface area contributed by atoms with Gasteiger partial charge in [0.25, 0.3) is 5.69 Å². The lowest BCUT2D eigenvalue weighted by atomic mass is 10.0. The highest BCUT2D eigenvalue weighted by atomic mass is 32.2. The quantitative estimate of drug-likeness (QED) is 0.666. The van der Waals surface area contributed by atoms with Crippen molar-refractivity contribution in [3.8, 4) is 0 Å². The fraction of sp³-hybridized carbons (Fsp3) is 0.455. The first-order chi connectivity index (χ1) is 7.62. The molecular weight excluding hydrogens is 240 g/mol. The van der Waals surface area contributed by atoms with E-state index in [1.165, 1.54) is 24.3 Å². The Morgan fingerprint density at radius 3 is 2.12 bits per heavy atom. The molecule has 1 atom stereocenters. The molecular formula is C11H16N2O3S. The van der Waals surface area contributed by atoms with Crippen LogP contribution in [0.4, 0.5) is 5.69 Å². The minimum atomic E-state index is -2.88. The van der Waals surface area contributed by atoms with Gasteiger partial charge in [-0.15, -0.1) is 0 Å². The van der Waals surface area contributed by atoms with Gasteiger partial charge in [0.2, 0.25) is 0 Å². The van der Waals surface area contributed by atoms with E-state index in [-0.39, 0.29) is 16.9 Å². The maximum Gasteiger partial charge on any atom is 0.269 e. The minimum absolute atomic E-state index is 0.0558. The van der Waals surface area contributed by atoms with Gasteiger partial charge >= 0.3 is 0 Å². The first-order valence-electron chi connectivity index (χ1n) is 5.13. The number of nitrogens with zero attached hydrogens (tertiary/aromatic N) is 1. The average Bonchev–Trinajstić information content (AvgIpc) is 2.14. The molecule has 0 radical (unpaired) electrons. The maximum absolute atomic E-state index is 12.2. The van der Waals surface area contributed by atoms with Gasteiger partial charge in [0, 0.05) is 22.8 Å². The van der Waals surface area contributed by atoms with Crippen LogP contribution >= 0.6 is 0 Å². The molecule has 1 N–H and O–H groups in total. The summed E-state index contributed by atoms with van der Waals surface area (Å²) < 4.78 is 20.0. The van der Waals surface area contributed by atoms with Gasteiger partial charge in [-0.05, 0) is 17.5 Å². The van der Waals surface area contributed by atoms with E-state index in [1.807, 2.05) is 20.8 Å². The van der Waals surface area contributed by atoms with E-state index in [1.54, 1.807) is 0 Å². The van der Waals surface area contributed by atoms with Crippen molar-refractivity contribution < 1.29 is 9.13 Å². The van der Waals surface area contributed by atoms with E-state index in [0.29, 0.717) is 4.90 Å². The molecule has 0 heterocycles. The molecule has 1 unspecified atom stereocenters. The largest absolute Gasteiger partial charge is 0.269 e. The Morgan fingerprint density at radius 2 is 1.76 bits per heavy atom. The van der Waals surface area contributed by atoms with E-state index >= 15 is 0 Å². The molecule has 0 spiro atoms. The van der Waals surface area contributed by atoms with Gasteiger partial charge in [-0.25, -0.2) is 8.99 Å². The summed E-state index contributed by atoms with van der Waals surface area (Å²) in [6.45, 7) is 5.73. The van der Waals surface area contributed by atoms with Crippen LogP contribution in [0.1, 0.15) is 20.8 Å². The van der Waals surface area contributed by atoms with Crippen molar-refractivity contribution in [3.63, 3.8) is 0 Å². The second-order valence-electron chi connectivity index (χ2n) is 5.13. The number of nitrogens with one attached hydrogen (secondary N) is 1. The van der Waals surface area contributed by atoms with Crippen LogP contribution in [0.3, 0.4) is 0 Å². The highest BCUT2D eigenvalue weighted by molar-refractivity contribution is 7.92. The van der Waals surface area contributed by atoms with Crippen LogP contribution in [0.2, 0.25) is 0 Å². The van der Waals surface area contributed by atoms with Crippen LogP contribution in [0.25, 0.3) is 0 Å². The number of non-ortho nitro benzene ring substituents is 1. The number of hydrogen-bond donors (Lipinski definition) is 1. The Balaban J connectivity index is 3.05. The smallest absolute Gasteiger partial charge is 0.258 e. The zero-order valence-corrected chi connectivity index (χ0v) is 10.9. The molecule has 1 aromatic rings. The predicted octanol–water partition coefficient (Wildman–Crippen LogP) is 3.05. The fourth-order valence-electron chi connectivity index (χ4n) is 1.48. The van der Waals surface area contributed by atoms with E-state index in [2.05, 4.69) is 0 Å². The summed E-state index contributed by atoms with van der Waals surface area (Å²) in [7, 11) is -2.88. The van der Waals surface area contributed by atoms with Crippen LogP contribution in [-0.4, -0.2) is 14.9 Å². The van der Waals surface area contributed by atoms with Crippen molar-refractivity contribution in [2.24, 2.45) is 5.41 Å². The summed E-state index contributed by atoms with van der Waals surface area (Å²) in [6, 6.07) is 5.37. The molecule has 94 valence electrons. The molecule has 0 bridgehead atoms. The van der Waals surface area contributed by atoms with Gasteiger partial charge in [-0.2, -0.15) is 0 Å². The van der Waals surface area contributed by atoms with Crippen molar-refractivity contribution in [1.82, 2.24) is 0 Å². The molecule has 1 aromatic carbocycles. The van der Waals surface area contributed by atoms with Crippen LogP contribution < -0.4 is 0 Å². The number of nitro groups is 1. The molecule has 0 aromatic heterocycles. The van der Waals surface area contributed by atoms with Crippen LogP contribution in [0.15, 0.2) is 29.2 Å². The number of benzene rings is 1. The maximum atomic E-state index is 12.2. The lowest BCUT2D eigenvalue weighted by Crippen LogP contribution is -2.19. The van der Waals surface area contributed by atoms with E-state index in [4.69, 9.17) is 4.78 Å². The minimum Gasteiger partial charge on any atom is -0.258 e. The molecule has 6 heteroatoms. The van der Waals surface area contributed by atoms with Gasteiger partial charge in [-0.1, -0.05) is 20.8 Å². The molecule has 5 nitrogen and oxygen atoms in total. The second-order valence-corrected chi connectivity index (χ2v) is 7.24. The highest BCUT2D eigenvalue weighted by Crippen LogP contribution is 2.24. The molecule has 0 aliphatic rings. The average molecular weight is 256 g/mol. The zero-order chi connectivity index (χ0) is 13.3. The monoisotopic (exact) mass is 256 g/mol. The predicted molar refractivity (Wildman–Crippen MR) is 66.5 cm³/mol. The number of nitro benzene ring substituents is 1. The Hall–Kier alpha value is -1.43. The zero-order valence-electron chi connectivity index (χ0n) is 10.1. The third kappa shape index (κ3) is 3.81. The molecule has 0 fully saturated rings. The highest BCUT2D eigenvalue weighted by Gasteiger charge is 2.21. The Labute approximate surface area is 101 Å². The lowest BCUT2D eigenvalue weighted by molar-refractivity contribution is -0.384. The Kier molecular flexibility index (Phi) is 3.56. The summed E-state index contributed by atoms with van der Waals surface area (Å²) >= 11 is 0. The molecule has 17 heavy (non-hydrogen) atoms. The topological polar surface area (TPSA) is 84.1 Å². The van der Waals surface area contributed by atoms with Crippen molar-refractivity contribution >= 4 is 15.4 Å². The van der Waals surface area contributed by atoms with Crippen LogP contribution in [0, 0.1) is 20.3 Å². The first kappa shape index (κ1) is 13.6. The van der Waals surface area contributed by atoms with E-state index in [9.17, 15) is 14.3 Å². The van der Waals surface area contributed by atoms with Gasteiger partial charge in [-0.3, -0.25) is 10.1 Å².